The predicted molar refractivity (Wildman–Crippen MR) is 45.3 cm³/mol. The lowest BCUT2D eigenvalue weighted by atomic mass is 9.99. The number of hydrogen-bond donors (Lipinski definition) is 1. The monoisotopic (exact) mass is 175 g/mol. The first kappa shape index (κ1) is 8.90. The van der Waals surface area contributed by atoms with Gasteiger partial charge in [-0.1, -0.05) is 6.08 Å². The SMILES string of the molecule is C=CC1CCN(S(=O)O)CC1. The second-order valence-electron chi connectivity index (χ2n) is 2.73. The molecule has 1 N–H and O–H groups in total. The highest BCUT2D eigenvalue weighted by Crippen LogP contribution is 2.17. The predicted octanol–water partition coefficient (Wildman–Crippen LogP) is 1.02. The van der Waals surface area contributed by atoms with E-state index in [1.165, 1.54) is 0 Å². The molecular formula is C7H13NO2S. The van der Waals surface area contributed by atoms with Gasteiger partial charge in [-0.05, 0) is 18.8 Å². The largest absolute Gasteiger partial charge is 0.294 e. The third kappa shape index (κ3) is 2.39. The van der Waals surface area contributed by atoms with Gasteiger partial charge in [-0.25, -0.2) is 8.51 Å². The highest BCUT2D eigenvalue weighted by atomic mass is 32.2. The molecule has 0 amide bonds. The van der Waals surface area contributed by atoms with Crippen LogP contribution in [0.1, 0.15) is 12.8 Å². The Hall–Kier alpha value is -0.190. The molecule has 0 bridgehead atoms. The molecule has 11 heavy (non-hydrogen) atoms. The van der Waals surface area contributed by atoms with Crippen LogP contribution in [0.5, 0.6) is 0 Å². The molecule has 1 rings (SSSR count). The fraction of sp³-hybridized carbons (Fsp3) is 0.714. The first-order valence-electron chi connectivity index (χ1n) is 3.72. The van der Waals surface area contributed by atoms with Crippen LogP contribution in [-0.2, 0) is 11.3 Å². The van der Waals surface area contributed by atoms with Crippen LogP contribution in [0.4, 0.5) is 0 Å². The van der Waals surface area contributed by atoms with Crippen LogP contribution in [0.15, 0.2) is 12.7 Å². The first-order valence-corrected chi connectivity index (χ1v) is 4.79. The van der Waals surface area contributed by atoms with E-state index in [4.69, 9.17) is 4.55 Å². The molecule has 1 aliphatic rings. The standard InChI is InChI=1S/C7H13NO2S/c1-2-7-3-5-8(6-4-7)11(9)10/h2,7H,1,3-6H2,(H,9,10). The van der Waals surface area contributed by atoms with E-state index >= 15 is 0 Å². The van der Waals surface area contributed by atoms with Gasteiger partial charge in [0.15, 0.2) is 0 Å². The van der Waals surface area contributed by atoms with Crippen molar-refractivity contribution in [3.63, 3.8) is 0 Å². The van der Waals surface area contributed by atoms with Crippen molar-refractivity contribution in [1.29, 1.82) is 0 Å². The highest BCUT2D eigenvalue weighted by molar-refractivity contribution is 7.76. The maximum Gasteiger partial charge on any atom is 0.234 e. The summed E-state index contributed by atoms with van der Waals surface area (Å²) in [4.78, 5) is 0. The van der Waals surface area contributed by atoms with Crippen molar-refractivity contribution in [2.45, 2.75) is 12.8 Å². The van der Waals surface area contributed by atoms with E-state index in [1.54, 1.807) is 4.31 Å². The summed E-state index contributed by atoms with van der Waals surface area (Å²) >= 11 is -1.77. The zero-order valence-electron chi connectivity index (χ0n) is 6.40. The molecule has 0 spiro atoms. The molecule has 0 radical (unpaired) electrons. The second kappa shape index (κ2) is 3.99. The molecule has 1 fully saturated rings. The zero-order valence-corrected chi connectivity index (χ0v) is 7.22. The maximum atomic E-state index is 10.6. The number of allylic oxidation sites excluding steroid dienone is 1. The van der Waals surface area contributed by atoms with Gasteiger partial charge in [-0.15, -0.1) is 6.58 Å². The van der Waals surface area contributed by atoms with Crippen molar-refractivity contribution < 1.29 is 8.76 Å². The summed E-state index contributed by atoms with van der Waals surface area (Å²) in [6.07, 6.45) is 3.84. The van der Waals surface area contributed by atoms with E-state index in [9.17, 15) is 4.21 Å². The van der Waals surface area contributed by atoms with Crippen LogP contribution in [0, 0.1) is 5.92 Å². The molecule has 3 nitrogen and oxygen atoms in total. The summed E-state index contributed by atoms with van der Waals surface area (Å²) in [5, 5.41) is 0. The average molecular weight is 175 g/mol. The Bertz CT molecular complexity index is 164. The minimum atomic E-state index is -1.77. The molecular weight excluding hydrogens is 162 g/mol. The van der Waals surface area contributed by atoms with Crippen molar-refractivity contribution in [2.24, 2.45) is 5.92 Å². The van der Waals surface area contributed by atoms with Crippen LogP contribution in [0.3, 0.4) is 0 Å². The lowest BCUT2D eigenvalue weighted by molar-refractivity contribution is 0.300. The van der Waals surface area contributed by atoms with E-state index in [0.29, 0.717) is 19.0 Å². The Morgan fingerprint density at radius 2 is 2.09 bits per heavy atom. The number of hydrogen-bond acceptors (Lipinski definition) is 1. The minimum absolute atomic E-state index is 0.537. The van der Waals surface area contributed by atoms with E-state index < -0.39 is 11.3 Å². The topological polar surface area (TPSA) is 40.5 Å². The lowest BCUT2D eigenvalue weighted by Crippen LogP contribution is -2.34. The van der Waals surface area contributed by atoms with Crippen molar-refractivity contribution >= 4 is 11.3 Å². The van der Waals surface area contributed by atoms with Crippen LogP contribution in [0.25, 0.3) is 0 Å². The molecule has 0 saturated carbocycles. The normalized spacial score (nSPS) is 24.8. The maximum absolute atomic E-state index is 10.6. The molecule has 0 aliphatic carbocycles. The highest BCUT2D eigenvalue weighted by Gasteiger charge is 2.19. The van der Waals surface area contributed by atoms with Gasteiger partial charge in [0.1, 0.15) is 0 Å². The Morgan fingerprint density at radius 1 is 1.55 bits per heavy atom. The van der Waals surface area contributed by atoms with Crippen molar-refractivity contribution in [3.05, 3.63) is 12.7 Å². The van der Waals surface area contributed by atoms with E-state index in [2.05, 4.69) is 6.58 Å². The smallest absolute Gasteiger partial charge is 0.234 e. The molecule has 1 atom stereocenters. The van der Waals surface area contributed by atoms with Gasteiger partial charge in [0, 0.05) is 13.1 Å². The van der Waals surface area contributed by atoms with Crippen molar-refractivity contribution in [3.8, 4) is 0 Å². The third-order valence-corrected chi connectivity index (χ3v) is 2.86. The molecule has 1 heterocycles. The van der Waals surface area contributed by atoms with Gasteiger partial charge in [-0.2, -0.15) is 0 Å². The molecule has 0 aromatic rings. The van der Waals surface area contributed by atoms with Crippen LogP contribution in [-0.4, -0.2) is 26.2 Å². The van der Waals surface area contributed by atoms with E-state index in [-0.39, 0.29) is 0 Å². The summed E-state index contributed by atoms with van der Waals surface area (Å²) < 4.78 is 20.8. The summed E-state index contributed by atoms with van der Waals surface area (Å²) in [6, 6.07) is 0. The summed E-state index contributed by atoms with van der Waals surface area (Å²) in [7, 11) is 0. The molecule has 64 valence electrons. The quantitative estimate of drug-likeness (QED) is 0.503. The molecule has 1 saturated heterocycles. The summed E-state index contributed by atoms with van der Waals surface area (Å²) in [6.45, 7) is 5.11. The fourth-order valence-corrected chi connectivity index (χ4v) is 1.79. The van der Waals surface area contributed by atoms with Gasteiger partial charge in [0.05, 0.1) is 0 Å². The minimum Gasteiger partial charge on any atom is -0.294 e. The van der Waals surface area contributed by atoms with Crippen molar-refractivity contribution in [1.82, 2.24) is 4.31 Å². The van der Waals surface area contributed by atoms with Gasteiger partial charge >= 0.3 is 0 Å². The third-order valence-electron chi connectivity index (χ3n) is 2.05. The van der Waals surface area contributed by atoms with Crippen LogP contribution in [0.2, 0.25) is 0 Å². The molecule has 1 unspecified atom stereocenters. The van der Waals surface area contributed by atoms with Gasteiger partial charge < -0.3 is 0 Å². The van der Waals surface area contributed by atoms with Crippen molar-refractivity contribution in [2.75, 3.05) is 13.1 Å². The zero-order chi connectivity index (χ0) is 8.27. The van der Waals surface area contributed by atoms with Crippen LogP contribution >= 0.6 is 0 Å². The van der Waals surface area contributed by atoms with E-state index in [1.807, 2.05) is 6.08 Å². The van der Waals surface area contributed by atoms with Gasteiger partial charge in [0.2, 0.25) is 11.3 Å². The fourth-order valence-electron chi connectivity index (χ4n) is 1.27. The Kier molecular flexibility index (Phi) is 3.23. The number of piperidine rings is 1. The molecule has 1 aliphatic heterocycles. The summed E-state index contributed by atoms with van der Waals surface area (Å²) in [5.74, 6) is 0.537. The average Bonchev–Trinajstić information content (AvgIpc) is 2.05. The Balaban J connectivity index is 2.35. The first-order chi connectivity index (χ1) is 5.24. The molecule has 0 aromatic carbocycles. The van der Waals surface area contributed by atoms with E-state index in [0.717, 1.165) is 12.8 Å². The summed E-state index contributed by atoms with van der Waals surface area (Å²) in [5.41, 5.74) is 0. The Morgan fingerprint density at radius 3 is 2.45 bits per heavy atom. The lowest BCUT2D eigenvalue weighted by Gasteiger charge is -2.26. The van der Waals surface area contributed by atoms with Gasteiger partial charge in [-0.3, -0.25) is 4.55 Å². The molecule has 0 aromatic heterocycles. The number of rotatable bonds is 2. The van der Waals surface area contributed by atoms with Gasteiger partial charge in [0.25, 0.3) is 0 Å². The van der Waals surface area contributed by atoms with Crippen LogP contribution < -0.4 is 0 Å². The molecule has 4 heteroatoms. The second-order valence-corrected chi connectivity index (χ2v) is 3.71. The number of nitrogens with zero attached hydrogens (tertiary/aromatic N) is 1. The Labute approximate surface area is 69.5 Å².